The van der Waals surface area contributed by atoms with Crippen molar-refractivity contribution in [1.82, 2.24) is 10.4 Å². The van der Waals surface area contributed by atoms with E-state index in [0.29, 0.717) is 11.3 Å². The van der Waals surface area contributed by atoms with E-state index >= 15 is 0 Å². The Morgan fingerprint density at radius 2 is 1.84 bits per heavy atom. The molecule has 0 radical (unpaired) electrons. The number of non-ortho nitro benzene ring substituents is 1. The molecule has 0 aliphatic carbocycles. The number of anilines is 1. The first-order valence-corrected chi connectivity index (χ1v) is 7.75. The summed E-state index contributed by atoms with van der Waals surface area (Å²) < 4.78 is 0. The lowest BCUT2D eigenvalue weighted by molar-refractivity contribution is -0.384. The quantitative estimate of drug-likeness (QED) is 0.349. The van der Waals surface area contributed by atoms with Crippen LogP contribution in [-0.2, 0) is 0 Å². The van der Waals surface area contributed by atoms with E-state index < -0.39 is 10.8 Å². The number of hydrogen-bond acceptors (Lipinski definition) is 6. The van der Waals surface area contributed by atoms with Gasteiger partial charge >= 0.3 is 0 Å². The number of rotatable bonds is 4. The summed E-state index contributed by atoms with van der Waals surface area (Å²) in [5.74, 6) is -0.739. The zero-order valence-electron chi connectivity index (χ0n) is 12.6. The van der Waals surface area contributed by atoms with Gasteiger partial charge < -0.3 is 5.73 Å². The summed E-state index contributed by atoms with van der Waals surface area (Å²) in [5.41, 5.74) is 8.55. The zero-order valence-corrected chi connectivity index (χ0v) is 14.9. The molecule has 1 heterocycles. The first-order chi connectivity index (χ1) is 11.7. The first kappa shape index (κ1) is 18.9. The lowest BCUT2D eigenvalue weighted by atomic mass is 10.1. The first-order valence-electron chi connectivity index (χ1n) is 6.61. The molecule has 0 atom stereocenters. The van der Waals surface area contributed by atoms with Crippen LogP contribution in [0.5, 0.6) is 0 Å². The molecule has 130 valence electrons. The fourth-order valence-electron chi connectivity index (χ4n) is 1.76. The highest BCUT2D eigenvalue weighted by Crippen LogP contribution is 2.34. The molecule has 1 aromatic heterocycles. The third-order valence-electron chi connectivity index (χ3n) is 3.11. The second-order valence-electron chi connectivity index (χ2n) is 4.73. The Kier molecular flexibility index (Phi) is 5.78. The molecule has 0 aliphatic heterocycles. The number of nitro groups is 1. The van der Waals surface area contributed by atoms with Gasteiger partial charge in [-0.3, -0.25) is 14.9 Å². The fraction of sp³-hybridized carbons (Fsp3) is 0.0714. The average Bonchev–Trinajstić information content (AvgIpc) is 2.60. The molecule has 2 rings (SSSR count). The van der Waals surface area contributed by atoms with Crippen LogP contribution in [0.15, 0.2) is 29.4 Å². The number of hydrazone groups is 1. The van der Waals surface area contributed by atoms with E-state index in [4.69, 9.17) is 40.5 Å². The number of nitrogens with two attached hydrogens (primary N) is 1. The van der Waals surface area contributed by atoms with Gasteiger partial charge in [0.05, 0.1) is 21.3 Å². The molecule has 11 heteroatoms. The summed E-state index contributed by atoms with van der Waals surface area (Å²) in [7, 11) is 0. The molecular weight excluding hydrogens is 393 g/mol. The van der Waals surface area contributed by atoms with Crippen molar-refractivity contribution in [3.05, 3.63) is 60.8 Å². The Bertz CT molecular complexity index is 884. The number of hydrogen-bond donors (Lipinski definition) is 2. The largest absolute Gasteiger partial charge is 0.396 e. The van der Waals surface area contributed by atoms with Crippen LogP contribution in [-0.4, -0.2) is 21.5 Å². The van der Waals surface area contributed by atoms with Crippen LogP contribution in [0, 0.1) is 10.1 Å². The number of halogens is 3. The summed E-state index contributed by atoms with van der Waals surface area (Å²) in [6, 6.07) is 5.67. The number of carbonyl (C=O) groups excluding carboxylic acids is 1. The predicted octanol–water partition coefficient (Wildman–Crippen LogP) is 3.69. The number of nitrogens with one attached hydrogen (secondary N) is 1. The molecule has 0 saturated heterocycles. The number of benzene rings is 1. The maximum absolute atomic E-state index is 12.1. The Morgan fingerprint density at radius 3 is 2.40 bits per heavy atom. The smallest absolute Gasteiger partial charge is 0.291 e. The number of aromatic nitrogens is 1. The van der Waals surface area contributed by atoms with Gasteiger partial charge in [0.15, 0.2) is 10.8 Å². The molecule has 1 amide bonds. The Labute approximate surface area is 156 Å². The van der Waals surface area contributed by atoms with Gasteiger partial charge in [0.2, 0.25) is 0 Å². The summed E-state index contributed by atoms with van der Waals surface area (Å²) in [5, 5.41) is 14.2. The summed E-state index contributed by atoms with van der Waals surface area (Å²) >= 11 is 17.5. The van der Waals surface area contributed by atoms with Crippen molar-refractivity contribution in [2.24, 2.45) is 5.10 Å². The molecule has 3 N–H and O–H groups in total. The van der Waals surface area contributed by atoms with Gasteiger partial charge in [-0.15, -0.1) is 0 Å². The van der Waals surface area contributed by atoms with Crippen LogP contribution in [0.25, 0.3) is 0 Å². The predicted molar refractivity (Wildman–Crippen MR) is 96.5 cm³/mol. The molecule has 0 bridgehead atoms. The van der Waals surface area contributed by atoms with Crippen LogP contribution in [0.4, 0.5) is 11.4 Å². The van der Waals surface area contributed by atoms with E-state index in [1.165, 1.54) is 24.3 Å². The Balaban J connectivity index is 2.21. The lowest BCUT2D eigenvalue weighted by Crippen LogP contribution is -2.21. The van der Waals surface area contributed by atoms with Crippen molar-refractivity contribution in [3.63, 3.8) is 0 Å². The fourth-order valence-corrected chi connectivity index (χ4v) is 2.35. The van der Waals surface area contributed by atoms with Gasteiger partial charge in [-0.05, 0) is 24.6 Å². The van der Waals surface area contributed by atoms with Gasteiger partial charge in [0.25, 0.3) is 11.6 Å². The van der Waals surface area contributed by atoms with Gasteiger partial charge in [0, 0.05) is 12.1 Å². The minimum atomic E-state index is -0.739. The number of nitrogens with zero attached hydrogens (tertiary/aromatic N) is 3. The molecule has 0 fully saturated rings. The maximum atomic E-state index is 12.1. The molecule has 25 heavy (non-hydrogen) atoms. The third-order valence-corrected chi connectivity index (χ3v) is 4.24. The van der Waals surface area contributed by atoms with E-state index in [0.717, 1.165) is 0 Å². The van der Waals surface area contributed by atoms with E-state index in [2.05, 4.69) is 15.5 Å². The van der Waals surface area contributed by atoms with Crippen molar-refractivity contribution in [2.45, 2.75) is 6.92 Å². The number of nitro benzene ring substituents is 1. The van der Waals surface area contributed by atoms with Crippen molar-refractivity contribution in [2.75, 3.05) is 5.73 Å². The Hall–Kier alpha value is -2.42. The number of carbonyl (C=O) groups is 1. The van der Waals surface area contributed by atoms with Crippen molar-refractivity contribution < 1.29 is 9.72 Å². The molecule has 1 aromatic carbocycles. The van der Waals surface area contributed by atoms with Gasteiger partial charge in [-0.25, -0.2) is 10.4 Å². The van der Waals surface area contributed by atoms with Crippen LogP contribution in [0.1, 0.15) is 23.0 Å². The summed E-state index contributed by atoms with van der Waals surface area (Å²) in [6.45, 7) is 1.61. The van der Waals surface area contributed by atoms with E-state index in [1.54, 1.807) is 6.92 Å². The summed E-state index contributed by atoms with van der Waals surface area (Å²) in [6.07, 6.45) is 0. The second-order valence-corrected chi connectivity index (χ2v) is 5.85. The number of pyridine rings is 1. The number of nitrogen functional groups attached to an aromatic ring is 1. The average molecular weight is 403 g/mol. The van der Waals surface area contributed by atoms with Crippen LogP contribution >= 0.6 is 34.8 Å². The van der Waals surface area contributed by atoms with E-state index in [-0.39, 0.29) is 32.3 Å². The van der Waals surface area contributed by atoms with E-state index in [9.17, 15) is 14.9 Å². The van der Waals surface area contributed by atoms with Gasteiger partial charge in [0.1, 0.15) is 5.02 Å². The molecule has 8 nitrogen and oxygen atoms in total. The highest BCUT2D eigenvalue weighted by atomic mass is 35.5. The zero-order chi connectivity index (χ0) is 18.7. The van der Waals surface area contributed by atoms with Gasteiger partial charge in [-0.1, -0.05) is 34.8 Å². The molecule has 0 unspecified atom stereocenters. The monoisotopic (exact) mass is 401 g/mol. The minimum Gasteiger partial charge on any atom is -0.396 e. The highest BCUT2D eigenvalue weighted by molar-refractivity contribution is 6.46. The normalized spacial score (nSPS) is 11.3. The molecular formula is C14H10Cl3N5O3. The summed E-state index contributed by atoms with van der Waals surface area (Å²) in [4.78, 5) is 26.0. The Morgan fingerprint density at radius 1 is 1.24 bits per heavy atom. The highest BCUT2D eigenvalue weighted by Gasteiger charge is 2.19. The molecule has 0 aliphatic rings. The van der Waals surface area contributed by atoms with E-state index in [1.807, 2.05) is 0 Å². The second kappa shape index (κ2) is 7.64. The van der Waals surface area contributed by atoms with Crippen molar-refractivity contribution >= 4 is 57.8 Å². The van der Waals surface area contributed by atoms with Crippen LogP contribution in [0.2, 0.25) is 15.2 Å². The minimum absolute atomic E-state index is 0.0474. The van der Waals surface area contributed by atoms with Crippen LogP contribution in [0.3, 0.4) is 0 Å². The van der Waals surface area contributed by atoms with Gasteiger partial charge in [-0.2, -0.15) is 5.10 Å². The van der Waals surface area contributed by atoms with Crippen molar-refractivity contribution in [1.29, 1.82) is 0 Å². The topological polar surface area (TPSA) is 124 Å². The maximum Gasteiger partial charge on any atom is 0.291 e. The SMILES string of the molecule is C/C(=N\NC(=O)c1nc(Cl)c(Cl)c(N)c1Cl)c1ccc([N+](=O)[O-])cc1. The standard InChI is InChI=1S/C14H10Cl3N5O3/c1-6(7-2-4-8(5-3-7)22(24)25)20-21-14(23)12-9(15)11(18)10(16)13(17)19-12/h2-5H,1H3,(H2,18,19)(H,21,23)/b20-6+. The molecule has 0 saturated carbocycles. The molecule has 2 aromatic rings. The van der Waals surface area contributed by atoms with Crippen molar-refractivity contribution in [3.8, 4) is 0 Å². The molecule has 0 spiro atoms. The number of amides is 1. The third kappa shape index (κ3) is 4.16. The lowest BCUT2D eigenvalue weighted by Gasteiger charge is -2.08. The van der Waals surface area contributed by atoms with Crippen LogP contribution < -0.4 is 11.2 Å².